The van der Waals surface area contributed by atoms with Gasteiger partial charge in [0, 0.05) is 13.5 Å². The van der Waals surface area contributed by atoms with Crippen LogP contribution in [-0.4, -0.2) is 25.3 Å². The molecule has 0 amide bonds. The van der Waals surface area contributed by atoms with E-state index in [1.54, 1.807) is 19.2 Å². The molecular weight excluding hydrogens is 276 g/mol. The molecule has 116 valence electrons. The minimum Gasteiger partial charge on any atom is -0.456 e. The molecular formula is C19H22O3. The third-order valence-electron chi connectivity index (χ3n) is 3.67. The van der Waals surface area contributed by atoms with Crippen molar-refractivity contribution in [1.82, 2.24) is 0 Å². The van der Waals surface area contributed by atoms with E-state index in [0.717, 1.165) is 12.0 Å². The van der Waals surface area contributed by atoms with Crippen LogP contribution >= 0.6 is 0 Å². The van der Waals surface area contributed by atoms with Crippen LogP contribution in [0.5, 0.6) is 0 Å². The van der Waals surface area contributed by atoms with Gasteiger partial charge >= 0.3 is 5.97 Å². The van der Waals surface area contributed by atoms with Crippen LogP contribution in [-0.2, 0) is 15.9 Å². The zero-order valence-electron chi connectivity index (χ0n) is 13.1. The van der Waals surface area contributed by atoms with Gasteiger partial charge in [0.05, 0.1) is 11.7 Å². The summed E-state index contributed by atoms with van der Waals surface area (Å²) in [5, 5.41) is 0. The normalized spacial score (nSPS) is 13.4. The Hall–Kier alpha value is -2.13. The van der Waals surface area contributed by atoms with Crippen LogP contribution in [0.4, 0.5) is 0 Å². The van der Waals surface area contributed by atoms with Crippen LogP contribution in [0.15, 0.2) is 60.7 Å². The molecule has 0 aliphatic heterocycles. The molecule has 0 aliphatic carbocycles. The number of esters is 1. The van der Waals surface area contributed by atoms with Gasteiger partial charge in [-0.25, -0.2) is 4.79 Å². The van der Waals surface area contributed by atoms with Crippen LogP contribution in [0.25, 0.3) is 0 Å². The van der Waals surface area contributed by atoms with E-state index in [0.29, 0.717) is 12.0 Å². The summed E-state index contributed by atoms with van der Waals surface area (Å²) in [5.74, 6) is -0.308. The molecule has 2 aromatic rings. The van der Waals surface area contributed by atoms with Crippen molar-refractivity contribution in [2.75, 3.05) is 7.11 Å². The van der Waals surface area contributed by atoms with Gasteiger partial charge in [-0.2, -0.15) is 0 Å². The number of carbonyl (C=O) groups is 1. The van der Waals surface area contributed by atoms with Crippen molar-refractivity contribution in [2.24, 2.45) is 0 Å². The molecule has 0 bridgehead atoms. The topological polar surface area (TPSA) is 35.5 Å². The number of hydrogen-bond donors (Lipinski definition) is 0. The largest absolute Gasteiger partial charge is 0.456 e. The zero-order valence-corrected chi connectivity index (χ0v) is 13.1. The second-order valence-corrected chi connectivity index (χ2v) is 5.18. The highest BCUT2D eigenvalue weighted by Gasteiger charge is 2.24. The molecule has 2 aromatic carbocycles. The summed E-state index contributed by atoms with van der Waals surface area (Å²) in [5.41, 5.74) is 1.69. The quantitative estimate of drug-likeness (QED) is 0.728. The minimum atomic E-state index is -0.308. The fourth-order valence-corrected chi connectivity index (χ4v) is 2.46. The van der Waals surface area contributed by atoms with E-state index in [4.69, 9.17) is 9.47 Å². The van der Waals surface area contributed by atoms with E-state index < -0.39 is 0 Å². The summed E-state index contributed by atoms with van der Waals surface area (Å²) in [4.78, 5) is 12.3. The first-order valence-corrected chi connectivity index (χ1v) is 7.57. The average molecular weight is 298 g/mol. The number of benzene rings is 2. The van der Waals surface area contributed by atoms with Crippen molar-refractivity contribution in [2.45, 2.75) is 32.0 Å². The van der Waals surface area contributed by atoms with Crippen molar-refractivity contribution in [3.63, 3.8) is 0 Å². The highest BCUT2D eigenvalue weighted by atomic mass is 16.6. The first kappa shape index (κ1) is 16.2. The highest BCUT2D eigenvalue weighted by molar-refractivity contribution is 5.89. The SMILES string of the molecule is CCC(OC)C(Cc1ccccc1)OC(=O)c1ccccc1. The van der Waals surface area contributed by atoms with E-state index in [-0.39, 0.29) is 18.2 Å². The van der Waals surface area contributed by atoms with Crippen molar-refractivity contribution < 1.29 is 14.3 Å². The molecule has 0 aliphatic rings. The van der Waals surface area contributed by atoms with Crippen LogP contribution in [0.3, 0.4) is 0 Å². The van der Waals surface area contributed by atoms with E-state index >= 15 is 0 Å². The number of methoxy groups -OCH3 is 1. The third kappa shape index (κ3) is 4.43. The number of rotatable bonds is 7. The van der Waals surface area contributed by atoms with Gasteiger partial charge in [-0.15, -0.1) is 0 Å². The van der Waals surface area contributed by atoms with Gasteiger partial charge in [-0.1, -0.05) is 55.5 Å². The molecule has 22 heavy (non-hydrogen) atoms. The van der Waals surface area contributed by atoms with Crippen LogP contribution in [0, 0.1) is 0 Å². The summed E-state index contributed by atoms with van der Waals surface area (Å²) in [7, 11) is 1.66. The monoisotopic (exact) mass is 298 g/mol. The predicted molar refractivity (Wildman–Crippen MR) is 86.9 cm³/mol. The molecule has 0 radical (unpaired) electrons. The molecule has 0 aromatic heterocycles. The molecule has 0 heterocycles. The second kappa shape index (κ2) is 8.35. The maximum absolute atomic E-state index is 12.3. The zero-order chi connectivity index (χ0) is 15.8. The smallest absolute Gasteiger partial charge is 0.338 e. The Bertz CT molecular complexity index is 562. The van der Waals surface area contributed by atoms with Gasteiger partial charge < -0.3 is 9.47 Å². The Labute approximate surface area is 131 Å². The molecule has 3 nitrogen and oxygen atoms in total. The maximum Gasteiger partial charge on any atom is 0.338 e. The highest BCUT2D eigenvalue weighted by Crippen LogP contribution is 2.16. The molecule has 0 fully saturated rings. The van der Waals surface area contributed by atoms with Crippen molar-refractivity contribution in [3.05, 3.63) is 71.8 Å². The fraction of sp³-hybridized carbons (Fsp3) is 0.316. The lowest BCUT2D eigenvalue weighted by Gasteiger charge is -2.25. The van der Waals surface area contributed by atoms with Crippen LogP contribution in [0.2, 0.25) is 0 Å². The van der Waals surface area contributed by atoms with Crippen molar-refractivity contribution >= 4 is 5.97 Å². The number of hydrogen-bond acceptors (Lipinski definition) is 3. The first-order chi connectivity index (χ1) is 10.7. The summed E-state index contributed by atoms with van der Waals surface area (Å²) in [6, 6.07) is 19.1. The Morgan fingerprint density at radius 3 is 2.09 bits per heavy atom. The first-order valence-electron chi connectivity index (χ1n) is 7.57. The van der Waals surface area contributed by atoms with Gasteiger partial charge in [-0.3, -0.25) is 0 Å². The molecule has 0 saturated heterocycles. The lowest BCUT2D eigenvalue weighted by atomic mass is 10.0. The van der Waals surface area contributed by atoms with E-state index in [2.05, 4.69) is 0 Å². The molecule has 0 saturated carbocycles. The van der Waals surface area contributed by atoms with Crippen LogP contribution < -0.4 is 0 Å². The van der Waals surface area contributed by atoms with E-state index in [1.165, 1.54) is 0 Å². The van der Waals surface area contributed by atoms with E-state index in [9.17, 15) is 4.79 Å². The maximum atomic E-state index is 12.3. The summed E-state index contributed by atoms with van der Waals surface area (Å²) < 4.78 is 11.2. The van der Waals surface area contributed by atoms with Gasteiger partial charge in [0.15, 0.2) is 0 Å². The average Bonchev–Trinajstić information content (AvgIpc) is 2.57. The van der Waals surface area contributed by atoms with Gasteiger partial charge in [0.25, 0.3) is 0 Å². The second-order valence-electron chi connectivity index (χ2n) is 5.18. The minimum absolute atomic E-state index is 0.118. The molecule has 0 spiro atoms. The Morgan fingerprint density at radius 1 is 0.955 bits per heavy atom. The van der Waals surface area contributed by atoms with Crippen molar-refractivity contribution in [3.8, 4) is 0 Å². The molecule has 2 unspecified atom stereocenters. The summed E-state index contributed by atoms with van der Waals surface area (Å²) in [6.45, 7) is 2.03. The van der Waals surface area contributed by atoms with Gasteiger partial charge in [0.2, 0.25) is 0 Å². The predicted octanol–water partition coefficient (Wildman–Crippen LogP) is 3.88. The Balaban J connectivity index is 2.12. The van der Waals surface area contributed by atoms with Gasteiger partial charge in [0.1, 0.15) is 6.10 Å². The number of carbonyl (C=O) groups excluding carboxylic acids is 1. The third-order valence-corrected chi connectivity index (χ3v) is 3.67. The lowest BCUT2D eigenvalue weighted by Crippen LogP contribution is -2.34. The Kier molecular flexibility index (Phi) is 6.16. The molecule has 3 heteroatoms. The van der Waals surface area contributed by atoms with Gasteiger partial charge in [-0.05, 0) is 24.1 Å². The standard InChI is InChI=1S/C19H22O3/c1-3-17(21-2)18(14-15-10-6-4-7-11-15)22-19(20)16-12-8-5-9-13-16/h4-13,17-18H,3,14H2,1-2H3. The van der Waals surface area contributed by atoms with E-state index in [1.807, 2.05) is 55.5 Å². The Morgan fingerprint density at radius 2 is 1.55 bits per heavy atom. The van der Waals surface area contributed by atoms with Crippen LogP contribution in [0.1, 0.15) is 29.3 Å². The molecule has 0 N–H and O–H groups in total. The summed E-state index contributed by atoms with van der Waals surface area (Å²) in [6.07, 6.45) is 1.01. The summed E-state index contributed by atoms with van der Waals surface area (Å²) >= 11 is 0. The molecule has 2 rings (SSSR count). The number of ether oxygens (including phenoxy) is 2. The molecule has 2 atom stereocenters. The van der Waals surface area contributed by atoms with Crippen molar-refractivity contribution in [1.29, 1.82) is 0 Å². The fourth-order valence-electron chi connectivity index (χ4n) is 2.46. The lowest BCUT2D eigenvalue weighted by molar-refractivity contribution is -0.0364.